The molecule has 0 saturated heterocycles. The van der Waals surface area contributed by atoms with Gasteiger partial charge in [-0.25, -0.2) is 0 Å². The molecule has 0 aliphatic rings. The molecule has 1 N–H and O–H groups in total. The zero-order chi connectivity index (χ0) is 9.10. The lowest BCUT2D eigenvalue weighted by Gasteiger charge is -2.03. The molecule has 0 bridgehead atoms. The van der Waals surface area contributed by atoms with E-state index in [1.54, 1.807) is 17.5 Å². The van der Waals surface area contributed by atoms with Gasteiger partial charge in [0.25, 0.3) is 0 Å². The van der Waals surface area contributed by atoms with E-state index in [1.165, 1.54) is 5.56 Å². The minimum absolute atomic E-state index is 0.864. The molecule has 0 amide bonds. The average molecular weight is 193 g/mol. The summed E-state index contributed by atoms with van der Waals surface area (Å²) in [6.07, 6.45) is 1.79. The quantitative estimate of drug-likeness (QED) is 0.809. The molecule has 0 aromatic carbocycles. The summed E-state index contributed by atoms with van der Waals surface area (Å²) >= 11 is 1.72. The van der Waals surface area contributed by atoms with Gasteiger partial charge >= 0.3 is 0 Å². The first-order chi connectivity index (χ1) is 6.36. The third kappa shape index (κ3) is 1.89. The van der Waals surface area contributed by atoms with Gasteiger partial charge in [0.15, 0.2) is 0 Å². The summed E-state index contributed by atoms with van der Waals surface area (Å²) < 4.78 is 1.83. The van der Waals surface area contributed by atoms with Crippen molar-refractivity contribution in [3.63, 3.8) is 0 Å². The van der Waals surface area contributed by atoms with Crippen molar-refractivity contribution in [1.29, 1.82) is 0 Å². The molecule has 0 atom stereocenters. The lowest BCUT2D eigenvalue weighted by Crippen LogP contribution is -2.03. The number of rotatable bonds is 3. The van der Waals surface area contributed by atoms with Crippen molar-refractivity contribution in [2.24, 2.45) is 7.05 Å². The van der Waals surface area contributed by atoms with Crippen LogP contribution < -0.4 is 5.32 Å². The number of aromatic nitrogens is 2. The van der Waals surface area contributed by atoms with Gasteiger partial charge in [0, 0.05) is 19.7 Å². The summed E-state index contributed by atoms with van der Waals surface area (Å²) in [5, 5.41) is 11.6. The number of hydrogen-bond acceptors (Lipinski definition) is 3. The molecule has 2 rings (SSSR count). The van der Waals surface area contributed by atoms with Crippen molar-refractivity contribution < 1.29 is 0 Å². The summed E-state index contributed by atoms with van der Waals surface area (Å²) in [6.45, 7) is 0.864. The Hall–Kier alpha value is -1.29. The summed E-state index contributed by atoms with van der Waals surface area (Å²) in [4.78, 5) is 0. The molecule has 13 heavy (non-hydrogen) atoms. The van der Waals surface area contributed by atoms with Gasteiger partial charge in [-0.05, 0) is 22.4 Å². The first-order valence-corrected chi connectivity index (χ1v) is 5.03. The van der Waals surface area contributed by atoms with Crippen molar-refractivity contribution in [3.05, 3.63) is 34.7 Å². The molecule has 68 valence electrons. The van der Waals surface area contributed by atoms with E-state index in [0.717, 1.165) is 12.4 Å². The Morgan fingerprint density at radius 3 is 3.08 bits per heavy atom. The minimum Gasteiger partial charge on any atom is -0.366 e. The van der Waals surface area contributed by atoms with Crippen LogP contribution in [0.25, 0.3) is 0 Å². The summed E-state index contributed by atoms with van der Waals surface area (Å²) in [5.41, 5.74) is 1.31. The number of nitrogens with one attached hydrogen (secondary N) is 1. The highest BCUT2D eigenvalue weighted by molar-refractivity contribution is 7.07. The van der Waals surface area contributed by atoms with Crippen LogP contribution >= 0.6 is 11.3 Å². The van der Waals surface area contributed by atoms with Crippen LogP contribution in [0.4, 0.5) is 5.82 Å². The van der Waals surface area contributed by atoms with Crippen molar-refractivity contribution in [3.8, 4) is 0 Å². The van der Waals surface area contributed by atoms with Crippen molar-refractivity contribution in [2.45, 2.75) is 6.54 Å². The van der Waals surface area contributed by atoms with Gasteiger partial charge < -0.3 is 5.32 Å². The predicted molar refractivity (Wildman–Crippen MR) is 54.9 cm³/mol. The highest BCUT2D eigenvalue weighted by atomic mass is 32.1. The van der Waals surface area contributed by atoms with Gasteiger partial charge in [0.1, 0.15) is 5.82 Å². The molecule has 2 aromatic rings. The monoisotopic (exact) mass is 193 g/mol. The number of hydrogen-bond donors (Lipinski definition) is 1. The normalized spacial score (nSPS) is 10.2. The molecule has 0 fully saturated rings. The van der Waals surface area contributed by atoms with Crippen molar-refractivity contribution in [1.82, 2.24) is 9.78 Å². The van der Waals surface area contributed by atoms with Crippen LogP contribution in [-0.2, 0) is 13.6 Å². The Kier molecular flexibility index (Phi) is 2.31. The molecule has 0 saturated carbocycles. The second-order valence-corrected chi connectivity index (χ2v) is 3.61. The maximum atomic E-state index is 4.07. The molecule has 0 aliphatic heterocycles. The Labute approximate surface area is 81.0 Å². The maximum Gasteiger partial charge on any atom is 0.124 e. The van der Waals surface area contributed by atoms with Crippen LogP contribution in [0.15, 0.2) is 29.1 Å². The predicted octanol–water partition coefficient (Wildman–Crippen LogP) is 2.09. The molecule has 2 heterocycles. The second-order valence-electron chi connectivity index (χ2n) is 2.83. The second kappa shape index (κ2) is 3.62. The Morgan fingerprint density at radius 1 is 1.54 bits per heavy atom. The summed E-state index contributed by atoms with van der Waals surface area (Å²) in [5.74, 6) is 1.05. The van der Waals surface area contributed by atoms with Gasteiger partial charge in [0.05, 0.1) is 6.20 Å². The van der Waals surface area contributed by atoms with E-state index in [1.807, 2.05) is 17.8 Å². The summed E-state index contributed by atoms with van der Waals surface area (Å²) in [6, 6.07) is 4.08. The number of anilines is 1. The molecule has 0 spiro atoms. The third-order valence-corrected chi connectivity index (χ3v) is 2.61. The van der Waals surface area contributed by atoms with Crippen LogP contribution in [0.3, 0.4) is 0 Å². The minimum atomic E-state index is 0.864. The van der Waals surface area contributed by atoms with E-state index in [4.69, 9.17) is 0 Å². The molecular weight excluding hydrogens is 182 g/mol. The fraction of sp³-hybridized carbons (Fsp3) is 0.222. The molecular formula is C9H11N3S. The van der Waals surface area contributed by atoms with Gasteiger partial charge in [-0.3, -0.25) is 4.68 Å². The lowest BCUT2D eigenvalue weighted by molar-refractivity contribution is 0.769. The Morgan fingerprint density at radius 2 is 2.46 bits per heavy atom. The Bertz CT molecular complexity index is 364. The SMILES string of the molecule is Cn1nccc1NCc1ccsc1. The van der Waals surface area contributed by atoms with E-state index in [0.29, 0.717) is 0 Å². The third-order valence-electron chi connectivity index (χ3n) is 1.87. The van der Waals surface area contributed by atoms with Gasteiger partial charge in [-0.2, -0.15) is 16.4 Å². The highest BCUT2D eigenvalue weighted by Crippen LogP contribution is 2.09. The van der Waals surface area contributed by atoms with Crippen LogP contribution in [0.2, 0.25) is 0 Å². The molecule has 0 aliphatic carbocycles. The van der Waals surface area contributed by atoms with Crippen molar-refractivity contribution in [2.75, 3.05) is 5.32 Å². The smallest absolute Gasteiger partial charge is 0.124 e. The Balaban J connectivity index is 1.97. The van der Waals surface area contributed by atoms with E-state index in [9.17, 15) is 0 Å². The largest absolute Gasteiger partial charge is 0.366 e. The van der Waals surface area contributed by atoms with Crippen LogP contribution in [0, 0.1) is 0 Å². The molecule has 0 radical (unpaired) electrons. The maximum absolute atomic E-state index is 4.07. The van der Waals surface area contributed by atoms with E-state index in [-0.39, 0.29) is 0 Å². The standard InChI is InChI=1S/C9H11N3S/c1-12-9(2-4-11-12)10-6-8-3-5-13-7-8/h2-5,7,10H,6H2,1H3. The zero-order valence-corrected chi connectivity index (χ0v) is 8.21. The summed E-state index contributed by atoms with van der Waals surface area (Å²) in [7, 11) is 1.93. The lowest BCUT2D eigenvalue weighted by atomic mass is 10.3. The van der Waals surface area contributed by atoms with Gasteiger partial charge in [0.2, 0.25) is 0 Å². The fourth-order valence-corrected chi connectivity index (χ4v) is 1.80. The van der Waals surface area contributed by atoms with E-state index in [2.05, 4.69) is 27.2 Å². The van der Waals surface area contributed by atoms with Gasteiger partial charge in [-0.15, -0.1) is 0 Å². The van der Waals surface area contributed by atoms with Crippen LogP contribution in [0.5, 0.6) is 0 Å². The zero-order valence-electron chi connectivity index (χ0n) is 7.40. The molecule has 0 unspecified atom stereocenters. The number of nitrogens with zero attached hydrogens (tertiary/aromatic N) is 2. The van der Waals surface area contributed by atoms with Crippen LogP contribution in [0.1, 0.15) is 5.56 Å². The number of thiophene rings is 1. The first kappa shape index (κ1) is 8.31. The first-order valence-electron chi connectivity index (χ1n) is 4.09. The van der Waals surface area contributed by atoms with E-state index >= 15 is 0 Å². The van der Waals surface area contributed by atoms with Crippen molar-refractivity contribution >= 4 is 17.2 Å². The highest BCUT2D eigenvalue weighted by Gasteiger charge is 1.97. The molecule has 2 aromatic heterocycles. The van der Waals surface area contributed by atoms with E-state index < -0.39 is 0 Å². The van der Waals surface area contributed by atoms with Gasteiger partial charge in [-0.1, -0.05) is 0 Å². The number of aryl methyl sites for hydroxylation is 1. The molecule has 3 nitrogen and oxygen atoms in total. The fourth-order valence-electron chi connectivity index (χ4n) is 1.13. The molecule has 4 heteroatoms. The topological polar surface area (TPSA) is 29.9 Å². The van der Waals surface area contributed by atoms with Crippen LogP contribution in [-0.4, -0.2) is 9.78 Å². The average Bonchev–Trinajstić information content (AvgIpc) is 2.72.